The van der Waals surface area contributed by atoms with Crippen molar-refractivity contribution in [3.8, 4) is 11.1 Å². The first kappa shape index (κ1) is 15.3. The molecule has 0 aliphatic heterocycles. The SMILES string of the molecule is O=C(C=Cc1ccc(Cl)cc1)c1ccc(-c2ccccc2)cc1. The van der Waals surface area contributed by atoms with Crippen LogP contribution in [0.1, 0.15) is 15.9 Å². The lowest BCUT2D eigenvalue weighted by molar-refractivity contribution is 0.104. The summed E-state index contributed by atoms with van der Waals surface area (Å²) in [6, 6.07) is 25.1. The van der Waals surface area contributed by atoms with E-state index in [9.17, 15) is 4.79 Å². The molecule has 0 bridgehead atoms. The van der Waals surface area contributed by atoms with Gasteiger partial charge in [0, 0.05) is 10.6 Å². The summed E-state index contributed by atoms with van der Waals surface area (Å²) in [6.45, 7) is 0. The fourth-order valence-corrected chi connectivity index (χ4v) is 2.43. The van der Waals surface area contributed by atoms with Gasteiger partial charge in [0.2, 0.25) is 0 Å². The Hall–Kier alpha value is -2.64. The van der Waals surface area contributed by atoms with E-state index in [1.165, 1.54) is 0 Å². The highest BCUT2D eigenvalue weighted by Crippen LogP contribution is 2.19. The average molecular weight is 319 g/mol. The largest absolute Gasteiger partial charge is 0.289 e. The Labute approximate surface area is 140 Å². The van der Waals surface area contributed by atoms with Crippen molar-refractivity contribution < 1.29 is 4.79 Å². The van der Waals surface area contributed by atoms with Crippen LogP contribution in [0.2, 0.25) is 5.02 Å². The van der Waals surface area contributed by atoms with Crippen molar-refractivity contribution in [3.63, 3.8) is 0 Å². The fraction of sp³-hybridized carbons (Fsp3) is 0. The van der Waals surface area contributed by atoms with E-state index in [1.54, 1.807) is 24.3 Å². The quantitative estimate of drug-likeness (QED) is 0.432. The summed E-state index contributed by atoms with van der Waals surface area (Å²) in [4.78, 5) is 12.2. The lowest BCUT2D eigenvalue weighted by Crippen LogP contribution is -1.93. The van der Waals surface area contributed by atoms with Gasteiger partial charge in [0.1, 0.15) is 0 Å². The Morgan fingerprint density at radius 3 is 2.00 bits per heavy atom. The molecule has 0 unspecified atom stereocenters. The van der Waals surface area contributed by atoms with Crippen LogP contribution < -0.4 is 0 Å². The van der Waals surface area contributed by atoms with Crippen molar-refractivity contribution in [3.05, 3.63) is 101 Å². The third-order valence-corrected chi connectivity index (χ3v) is 3.83. The van der Waals surface area contributed by atoms with Gasteiger partial charge in [-0.25, -0.2) is 0 Å². The molecule has 0 aliphatic rings. The zero-order chi connectivity index (χ0) is 16.1. The van der Waals surface area contributed by atoms with Gasteiger partial charge in [-0.1, -0.05) is 84.4 Å². The van der Waals surface area contributed by atoms with Gasteiger partial charge in [0.25, 0.3) is 0 Å². The number of rotatable bonds is 4. The molecule has 0 saturated carbocycles. The number of allylic oxidation sites excluding steroid dienone is 1. The highest BCUT2D eigenvalue weighted by molar-refractivity contribution is 6.30. The van der Waals surface area contributed by atoms with E-state index in [-0.39, 0.29) is 5.78 Å². The molecule has 1 nitrogen and oxygen atoms in total. The third kappa shape index (κ3) is 3.97. The zero-order valence-corrected chi connectivity index (χ0v) is 13.2. The van der Waals surface area contributed by atoms with Crippen LogP contribution in [-0.4, -0.2) is 5.78 Å². The molecule has 0 aromatic heterocycles. The number of ketones is 1. The molecule has 0 fully saturated rings. The van der Waals surface area contributed by atoms with Crippen LogP contribution in [0, 0.1) is 0 Å². The van der Waals surface area contributed by atoms with E-state index in [0.717, 1.165) is 16.7 Å². The van der Waals surface area contributed by atoms with Gasteiger partial charge >= 0.3 is 0 Å². The fourth-order valence-electron chi connectivity index (χ4n) is 2.30. The van der Waals surface area contributed by atoms with Crippen molar-refractivity contribution in [2.24, 2.45) is 0 Å². The minimum absolute atomic E-state index is 0.0143. The molecule has 3 aromatic carbocycles. The summed E-state index contributed by atoms with van der Waals surface area (Å²) in [5.74, 6) is -0.0143. The summed E-state index contributed by atoms with van der Waals surface area (Å²) in [7, 11) is 0. The van der Waals surface area contributed by atoms with E-state index in [2.05, 4.69) is 12.1 Å². The third-order valence-electron chi connectivity index (χ3n) is 3.57. The van der Waals surface area contributed by atoms with Gasteiger partial charge in [-0.3, -0.25) is 4.79 Å². The summed E-state index contributed by atoms with van der Waals surface area (Å²) in [5, 5.41) is 0.685. The minimum atomic E-state index is -0.0143. The Morgan fingerprint density at radius 2 is 1.35 bits per heavy atom. The molecule has 0 radical (unpaired) electrons. The Balaban J connectivity index is 1.74. The molecule has 2 heteroatoms. The summed E-state index contributed by atoms with van der Waals surface area (Å²) in [5.41, 5.74) is 3.87. The second-order valence-electron chi connectivity index (χ2n) is 5.19. The maximum atomic E-state index is 12.2. The molecular weight excluding hydrogens is 304 g/mol. The van der Waals surface area contributed by atoms with E-state index < -0.39 is 0 Å². The van der Waals surface area contributed by atoms with Crippen molar-refractivity contribution in [1.29, 1.82) is 0 Å². The molecule has 3 aromatic rings. The van der Waals surface area contributed by atoms with Crippen molar-refractivity contribution in [2.45, 2.75) is 0 Å². The van der Waals surface area contributed by atoms with Crippen LogP contribution >= 0.6 is 11.6 Å². The summed E-state index contributed by atoms with van der Waals surface area (Å²) >= 11 is 5.84. The Bertz CT molecular complexity index is 816. The second kappa shape index (κ2) is 7.08. The topological polar surface area (TPSA) is 17.1 Å². The molecule has 112 valence electrons. The van der Waals surface area contributed by atoms with Gasteiger partial charge in [-0.15, -0.1) is 0 Å². The van der Waals surface area contributed by atoms with E-state index in [1.807, 2.05) is 54.6 Å². The normalized spacial score (nSPS) is 10.8. The first-order chi connectivity index (χ1) is 11.2. The van der Waals surface area contributed by atoms with E-state index >= 15 is 0 Å². The van der Waals surface area contributed by atoms with E-state index in [0.29, 0.717) is 10.6 Å². The number of hydrogen-bond acceptors (Lipinski definition) is 1. The standard InChI is InChI=1S/C21H15ClO/c22-20-13-6-16(7-14-20)8-15-21(23)19-11-9-18(10-12-19)17-4-2-1-3-5-17/h1-15H. The maximum absolute atomic E-state index is 12.2. The van der Waals surface area contributed by atoms with Crippen molar-refractivity contribution >= 4 is 23.5 Å². The van der Waals surface area contributed by atoms with Gasteiger partial charge in [0.15, 0.2) is 5.78 Å². The predicted molar refractivity (Wildman–Crippen MR) is 96.7 cm³/mol. The molecular formula is C21H15ClO. The predicted octanol–water partition coefficient (Wildman–Crippen LogP) is 5.90. The molecule has 23 heavy (non-hydrogen) atoms. The van der Waals surface area contributed by atoms with Gasteiger partial charge < -0.3 is 0 Å². The molecule has 0 amide bonds. The minimum Gasteiger partial charge on any atom is -0.289 e. The number of carbonyl (C=O) groups excluding carboxylic acids is 1. The lowest BCUT2D eigenvalue weighted by Gasteiger charge is -2.02. The van der Waals surface area contributed by atoms with Crippen LogP contribution in [0.4, 0.5) is 0 Å². The molecule has 0 spiro atoms. The van der Waals surface area contributed by atoms with Gasteiger partial charge in [-0.05, 0) is 34.9 Å². The highest BCUT2D eigenvalue weighted by atomic mass is 35.5. The second-order valence-corrected chi connectivity index (χ2v) is 5.63. The molecule has 0 heterocycles. The van der Waals surface area contributed by atoms with Gasteiger partial charge in [0.05, 0.1) is 0 Å². The average Bonchev–Trinajstić information content (AvgIpc) is 2.62. The van der Waals surface area contributed by atoms with Crippen LogP contribution in [-0.2, 0) is 0 Å². The van der Waals surface area contributed by atoms with Crippen LogP contribution in [0.5, 0.6) is 0 Å². The first-order valence-corrected chi connectivity index (χ1v) is 7.74. The van der Waals surface area contributed by atoms with Crippen LogP contribution in [0.15, 0.2) is 84.9 Å². The zero-order valence-electron chi connectivity index (χ0n) is 12.4. The molecule has 0 aliphatic carbocycles. The van der Waals surface area contributed by atoms with Crippen molar-refractivity contribution in [1.82, 2.24) is 0 Å². The maximum Gasteiger partial charge on any atom is 0.185 e. The van der Waals surface area contributed by atoms with E-state index in [4.69, 9.17) is 11.6 Å². The first-order valence-electron chi connectivity index (χ1n) is 7.36. The summed E-state index contributed by atoms with van der Waals surface area (Å²) < 4.78 is 0. The van der Waals surface area contributed by atoms with Crippen molar-refractivity contribution in [2.75, 3.05) is 0 Å². The summed E-state index contributed by atoms with van der Waals surface area (Å²) in [6.07, 6.45) is 3.38. The lowest BCUT2D eigenvalue weighted by atomic mass is 10.0. The Kier molecular flexibility index (Phi) is 4.70. The molecule has 0 saturated heterocycles. The molecule has 3 rings (SSSR count). The Morgan fingerprint density at radius 1 is 0.739 bits per heavy atom. The molecule has 0 N–H and O–H groups in total. The monoisotopic (exact) mass is 318 g/mol. The number of carbonyl (C=O) groups is 1. The van der Waals surface area contributed by atoms with Gasteiger partial charge in [-0.2, -0.15) is 0 Å². The highest BCUT2D eigenvalue weighted by Gasteiger charge is 2.03. The number of halogens is 1. The van der Waals surface area contributed by atoms with Crippen LogP contribution in [0.25, 0.3) is 17.2 Å². The van der Waals surface area contributed by atoms with Crippen LogP contribution in [0.3, 0.4) is 0 Å². The number of hydrogen-bond donors (Lipinski definition) is 0. The number of benzene rings is 3. The molecule has 0 atom stereocenters. The smallest absolute Gasteiger partial charge is 0.185 e.